The van der Waals surface area contributed by atoms with Crippen LogP contribution in [0.5, 0.6) is 5.75 Å². The van der Waals surface area contributed by atoms with Gasteiger partial charge in [0.2, 0.25) is 5.91 Å². The third-order valence-corrected chi connectivity index (χ3v) is 4.21. The van der Waals surface area contributed by atoms with Gasteiger partial charge in [0.15, 0.2) is 5.78 Å². The van der Waals surface area contributed by atoms with Gasteiger partial charge in [-0.25, -0.2) is 0 Å². The fourth-order valence-corrected chi connectivity index (χ4v) is 2.65. The zero-order valence-electron chi connectivity index (χ0n) is 14.3. The van der Waals surface area contributed by atoms with E-state index in [4.69, 9.17) is 0 Å². The molecule has 0 aliphatic rings. The Kier molecular flexibility index (Phi) is 5.13. The molecule has 26 heavy (non-hydrogen) atoms. The van der Waals surface area contributed by atoms with Crippen molar-refractivity contribution in [1.82, 2.24) is 0 Å². The largest absolute Gasteiger partial charge is 0.508 e. The minimum atomic E-state index is -0.424. The van der Waals surface area contributed by atoms with Crippen molar-refractivity contribution in [2.75, 3.05) is 5.32 Å². The number of aromatic hydroxyl groups is 1. The van der Waals surface area contributed by atoms with Crippen LogP contribution in [0.15, 0.2) is 78.9 Å². The van der Waals surface area contributed by atoms with Crippen LogP contribution in [0.1, 0.15) is 34.3 Å². The normalized spacial score (nSPS) is 11.6. The molecule has 0 aromatic heterocycles. The Morgan fingerprint density at radius 2 is 1.50 bits per heavy atom. The molecule has 4 heteroatoms. The quantitative estimate of drug-likeness (QED) is 0.533. The molecule has 1 amide bonds. The van der Waals surface area contributed by atoms with Crippen LogP contribution < -0.4 is 5.32 Å². The topological polar surface area (TPSA) is 66.4 Å². The van der Waals surface area contributed by atoms with E-state index in [2.05, 4.69) is 5.32 Å². The number of ketones is 1. The van der Waals surface area contributed by atoms with Crippen LogP contribution in [-0.2, 0) is 4.79 Å². The number of nitrogens with one attached hydrogen (secondary N) is 1. The molecule has 0 unspecified atom stereocenters. The molecular formula is C22H19NO3. The Labute approximate surface area is 152 Å². The molecule has 1 atom stereocenters. The van der Waals surface area contributed by atoms with E-state index in [-0.39, 0.29) is 17.4 Å². The summed E-state index contributed by atoms with van der Waals surface area (Å²) in [6, 6.07) is 22.5. The fraction of sp³-hybridized carbons (Fsp3) is 0.0909. The minimum Gasteiger partial charge on any atom is -0.508 e. The van der Waals surface area contributed by atoms with Gasteiger partial charge >= 0.3 is 0 Å². The molecule has 0 spiro atoms. The second-order valence-electron chi connectivity index (χ2n) is 6.08. The number of phenols is 1. The maximum absolute atomic E-state index is 12.6. The van der Waals surface area contributed by atoms with Crippen molar-refractivity contribution in [2.45, 2.75) is 12.8 Å². The molecule has 0 saturated heterocycles. The summed E-state index contributed by atoms with van der Waals surface area (Å²) in [5.74, 6) is -0.533. The fourth-order valence-electron chi connectivity index (χ4n) is 2.65. The van der Waals surface area contributed by atoms with Crippen molar-refractivity contribution in [3.63, 3.8) is 0 Å². The highest BCUT2D eigenvalue weighted by Crippen LogP contribution is 2.21. The zero-order valence-corrected chi connectivity index (χ0v) is 14.3. The van der Waals surface area contributed by atoms with Gasteiger partial charge in [-0.2, -0.15) is 0 Å². The lowest BCUT2D eigenvalue weighted by molar-refractivity contribution is -0.117. The van der Waals surface area contributed by atoms with Crippen molar-refractivity contribution in [2.24, 2.45) is 0 Å². The van der Waals surface area contributed by atoms with Gasteiger partial charge in [0.1, 0.15) is 5.75 Å². The summed E-state index contributed by atoms with van der Waals surface area (Å²) in [4.78, 5) is 25.1. The van der Waals surface area contributed by atoms with Crippen LogP contribution in [0.25, 0.3) is 0 Å². The molecule has 2 N–H and O–H groups in total. The first-order chi connectivity index (χ1) is 12.5. The Bertz CT molecular complexity index is 918. The summed E-state index contributed by atoms with van der Waals surface area (Å²) in [7, 11) is 0. The summed E-state index contributed by atoms with van der Waals surface area (Å²) in [5, 5.41) is 12.1. The SMILES string of the molecule is C[C@@H](C(=O)Nc1ccc(O)cc1)c1cccc(C(=O)c2ccccc2)c1. The molecule has 3 aromatic rings. The van der Waals surface area contributed by atoms with Crippen molar-refractivity contribution in [3.8, 4) is 5.75 Å². The number of benzene rings is 3. The van der Waals surface area contributed by atoms with Gasteiger partial charge in [0, 0.05) is 16.8 Å². The Balaban J connectivity index is 1.77. The van der Waals surface area contributed by atoms with E-state index in [1.165, 1.54) is 12.1 Å². The third-order valence-electron chi connectivity index (χ3n) is 4.21. The predicted octanol–water partition coefficient (Wildman–Crippen LogP) is 4.37. The number of phenolic OH excluding ortho intramolecular Hbond substituents is 1. The monoisotopic (exact) mass is 345 g/mol. The molecule has 4 nitrogen and oxygen atoms in total. The molecule has 0 radical (unpaired) electrons. The Morgan fingerprint density at radius 1 is 0.846 bits per heavy atom. The van der Waals surface area contributed by atoms with Crippen LogP contribution in [-0.4, -0.2) is 16.8 Å². The van der Waals surface area contributed by atoms with E-state index < -0.39 is 5.92 Å². The molecule has 0 bridgehead atoms. The van der Waals surface area contributed by atoms with E-state index in [1.54, 1.807) is 49.4 Å². The van der Waals surface area contributed by atoms with Gasteiger partial charge in [-0.05, 0) is 42.8 Å². The van der Waals surface area contributed by atoms with Crippen molar-refractivity contribution < 1.29 is 14.7 Å². The first-order valence-electron chi connectivity index (χ1n) is 8.34. The van der Waals surface area contributed by atoms with Crippen LogP contribution in [0, 0.1) is 0 Å². The minimum absolute atomic E-state index is 0.0707. The van der Waals surface area contributed by atoms with Gasteiger partial charge < -0.3 is 10.4 Å². The van der Waals surface area contributed by atoms with E-state index in [0.29, 0.717) is 16.8 Å². The second-order valence-corrected chi connectivity index (χ2v) is 6.08. The number of amides is 1. The predicted molar refractivity (Wildman–Crippen MR) is 101 cm³/mol. The third kappa shape index (κ3) is 3.98. The van der Waals surface area contributed by atoms with E-state index in [9.17, 15) is 14.7 Å². The number of carbonyl (C=O) groups excluding carboxylic acids is 2. The van der Waals surface area contributed by atoms with E-state index in [1.807, 2.05) is 24.3 Å². The van der Waals surface area contributed by atoms with Crippen LogP contribution in [0.4, 0.5) is 5.69 Å². The van der Waals surface area contributed by atoms with E-state index in [0.717, 1.165) is 5.56 Å². The average molecular weight is 345 g/mol. The molecule has 0 fully saturated rings. The summed E-state index contributed by atoms with van der Waals surface area (Å²) < 4.78 is 0. The maximum atomic E-state index is 12.6. The number of carbonyl (C=O) groups is 2. The van der Waals surface area contributed by atoms with Gasteiger partial charge in [-0.1, -0.05) is 48.5 Å². The molecule has 0 saturated carbocycles. The van der Waals surface area contributed by atoms with Gasteiger partial charge in [-0.15, -0.1) is 0 Å². The lowest BCUT2D eigenvalue weighted by Gasteiger charge is -2.14. The first kappa shape index (κ1) is 17.4. The average Bonchev–Trinajstić information content (AvgIpc) is 2.69. The van der Waals surface area contributed by atoms with Gasteiger partial charge in [-0.3, -0.25) is 9.59 Å². The molecular weight excluding hydrogens is 326 g/mol. The molecule has 3 aromatic carbocycles. The lowest BCUT2D eigenvalue weighted by Crippen LogP contribution is -2.19. The Morgan fingerprint density at radius 3 is 2.19 bits per heavy atom. The smallest absolute Gasteiger partial charge is 0.231 e. The maximum Gasteiger partial charge on any atom is 0.231 e. The molecule has 130 valence electrons. The highest BCUT2D eigenvalue weighted by molar-refractivity contribution is 6.09. The summed E-state index contributed by atoms with van der Waals surface area (Å²) in [5.41, 5.74) is 2.54. The zero-order chi connectivity index (χ0) is 18.5. The van der Waals surface area contributed by atoms with Crippen LogP contribution in [0.2, 0.25) is 0 Å². The van der Waals surface area contributed by atoms with Gasteiger partial charge in [0.25, 0.3) is 0 Å². The summed E-state index contributed by atoms with van der Waals surface area (Å²) in [6.45, 7) is 1.79. The standard InChI is InChI=1S/C22H19NO3/c1-15(22(26)23-19-10-12-20(24)13-11-19)17-8-5-9-18(14-17)21(25)16-6-3-2-4-7-16/h2-15,24H,1H3,(H,23,26)/t15-/m1/s1. The molecule has 3 rings (SSSR count). The Hall–Kier alpha value is -3.40. The number of hydrogen-bond acceptors (Lipinski definition) is 3. The van der Waals surface area contributed by atoms with E-state index >= 15 is 0 Å². The van der Waals surface area contributed by atoms with Crippen LogP contribution in [0.3, 0.4) is 0 Å². The molecule has 0 heterocycles. The number of anilines is 1. The summed E-state index contributed by atoms with van der Waals surface area (Å²) >= 11 is 0. The number of hydrogen-bond donors (Lipinski definition) is 2. The summed E-state index contributed by atoms with van der Waals surface area (Å²) in [6.07, 6.45) is 0. The second kappa shape index (κ2) is 7.66. The van der Waals surface area contributed by atoms with Gasteiger partial charge in [0.05, 0.1) is 5.92 Å². The highest BCUT2D eigenvalue weighted by atomic mass is 16.3. The number of rotatable bonds is 5. The molecule has 0 aliphatic carbocycles. The van der Waals surface area contributed by atoms with Crippen molar-refractivity contribution in [1.29, 1.82) is 0 Å². The first-order valence-corrected chi connectivity index (χ1v) is 8.34. The highest BCUT2D eigenvalue weighted by Gasteiger charge is 2.17. The van der Waals surface area contributed by atoms with Crippen molar-refractivity contribution in [3.05, 3.63) is 95.6 Å². The van der Waals surface area contributed by atoms with Crippen molar-refractivity contribution >= 4 is 17.4 Å². The van der Waals surface area contributed by atoms with Crippen LogP contribution >= 0.6 is 0 Å². The lowest BCUT2D eigenvalue weighted by atomic mass is 9.95. The molecule has 0 aliphatic heterocycles.